The van der Waals surface area contributed by atoms with E-state index in [0.717, 1.165) is 18.4 Å². The molecule has 1 unspecified atom stereocenters. The first-order chi connectivity index (χ1) is 10.3. The molecule has 0 bridgehead atoms. The third kappa shape index (κ3) is 6.16. The van der Waals surface area contributed by atoms with E-state index >= 15 is 0 Å². The topological polar surface area (TPSA) is 58.6 Å². The van der Waals surface area contributed by atoms with Gasteiger partial charge in [0.15, 0.2) is 0 Å². The molecule has 4 nitrogen and oxygen atoms in total. The molecule has 1 aliphatic rings. The molecule has 1 fully saturated rings. The minimum absolute atomic E-state index is 0.00174. The number of allylic oxidation sites excluding steroid dienone is 2. The minimum Gasteiger partial charge on any atom is -0.389 e. The van der Waals surface area contributed by atoms with Crippen LogP contribution in [0.15, 0.2) is 36.5 Å². The van der Waals surface area contributed by atoms with Crippen LogP contribution in [0, 0.1) is 5.92 Å². The fourth-order valence-corrected chi connectivity index (χ4v) is 2.56. The van der Waals surface area contributed by atoms with Gasteiger partial charge >= 0.3 is 0 Å². The number of carbonyl (C=O) groups excluding carboxylic acids is 1. The highest BCUT2D eigenvalue weighted by atomic mass is 16.5. The van der Waals surface area contributed by atoms with E-state index in [9.17, 15) is 4.79 Å². The van der Waals surface area contributed by atoms with Gasteiger partial charge in [0, 0.05) is 6.08 Å². The van der Waals surface area contributed by atoms with Crippen molar-refractivity contribution in [2.45, 2.75) is 64.9 Å². The normalized spacial score (nSPS) is 31.0. The van der Waals surface area contributed by atoms with Crippen LogP contribution in [-0.4, -0.2) is 35.4 Å². The van der Waals surface area contributed by atoms with E-state index in [1.807, 2.05) is 19.9 Å². The molecule has 1 aliphatic heterocycles. The Kier molecular flexibility index (Phi) is 7.56. The molecule has 0 saturated carbocycles. The van der Waals surface area contributed by atoms with Gasteiger partial charge in [-0.05, 0) is 39.5 Å². The van der Waals surface area contributed by atoms with Gasteiger partial charge in [-0.15, -0.1) is 0 Å². The highest BCUT2D eigenvalue weighted by Crippen LogP contribution is 2.27. The SMILES string of the molecule is C=C/C(C)=C/C[C@@H]1O[C@H](C)[C@H](NC(=O)C=CC(C)O)C[C@@H]1C. The van der Waals surface area contributed by atoms with E-state index in [2.05, 4.69) is 24.9 Å². The van der Waals surface area contributed by atoms with Crippen LogP contribution in [0.3, 0.4) is 0 Å². The molecule has 0 spiro atoms. The van der Waals surface area contributed by atoms with E-state index in [1.54, 1.807) is 6.92 Å². The molecule has 0 aliphatic carbocycles. The number of hydrogen-bond donors (Lipinski definition) is 2. The summed E-state index contributed by atoms with van der Waals surface area (Å²) in [4.78, 5) is 11.8. The number of aliphatic hydroxyl groups excluding tert-OH is 1. The molecule has 22 heavy (non-hydrogen) atoms. The second kappa shape index (κ2) is 8.91. The first-order valence-corrected chi connectivity index (χ1v) is 7.95. The molecular formula is C18H29NO3. The Hall–Kier alpha value is -1.39. The highest BCUT2D eigenvalue weighted by Gasteiger charge is 2.33. The molecule has 0 aromatic carbocycles. The summed E-state index contributed by atoms with van der Waals surface area (Å²) in [7, 11) is 0. The first kappa shape index (κ1) is 18.7. The standard InChI is InChI=1S/C18H29NO3/c1-6-12(2)7-9-17-13(3)11-16(15(5)22-17)19-18(21)10-8-14(4)20/h6-8,10,13-17,20H,1,9,11H2,2-5H3,(H,19,21)/b10-8?,12-7+/t13-,14?,15+,16+,17-/m0/s1. The molecule has 1 amide bonds. The molecule has 5 atom stereocenters. The summed E-state index contributed by atoms with van der Waals surface area (Å²) >= 11 is 0. The van der Waals surface area contributed by atoms with Gasteiger partial charge in [0.2, 0.25) is 5.91 Å². The largest absolute Gasteiger partial charge is 0.389 e. The van der Waals surface area contributed by atoms with Crippen LogP contribution in [0.25, 0.3) is 0 Å². The van der Waals surface area contributed by atoms with E-state index in [-0.39, 0.29) is 24.2 Å². The fourth-order valence-electron chi connectivity index (χ4n) is 2.56. The summed E-state index contributed by atoms with van der Waals surface area (Å²) in [5.41, 5.74) is 1.15. The minimum atomic E-state index is -0.617. The van der Waals surface area contributed by atoms with Crippen molar-refractivity contribution in [1.29, 1.82) is 0 Å². The van der Waals surface area contributed by atoms with Gasteiger partial charge in [-0.2, -0.15) is 0 Å². The van der Waals surface area contributed by atoms with E-state index in [4.69, 9.17) is 9.84 Å². The molecule has 0 aromatic rings. The maximum atomic E-state index is 11.8. The Morgan fingerprint density at radius 1 is 1.50 bits per heavy atom. The van der Waals surface area contributed by atoms with Crippen molar-refractivity contribution in [3.05, 3.63) is 36.5 Å². The number of rotatable bonds is 6. The maximum Gasteiger partial charge on any atom is 0.244 e. The van der Waals surface area contributed by atoms with Gasteiger partial charge in [-0.3, -0.25) is 4.79 Å². The lowest BCUT2D eigenvalue weighted by molar-refractivity contribution is -0.123. The number of carbonyl (C=O) groups is 1. The van der Waals surface area contributed by atoms with Gasteiger partial charge in [-0.1, -0.05) is 37.3 Å². The van der Waals surface area contributed by atoms with Gasteiger partial charge in [0.05, 0.1) is 24.4 Å². The maximum absolute atomic E-state index is 11.8. The van der Waals surface area contributed by atoms with E-state index in [0.29, 0.717) is 5.92 Å². The zero-order chi connectivity index (χ0) is 16.7. The molecule has 4 heteroatoms. The molecule has 0 aromatic heterocycles. The van der Waals surface area contributed by atoms with Gasteiger partial charge < -0.3 is 15.2 Å². The van der Waals surface area contributed by atoms with Crippen molar-refractivity contribution in [3.63, 3.8) is 0 Å². The lowest BCUT2D eigenvalue weighted by atomic mass is 9.88. The number of aliphatic hydroxyl groups is 1. The summed E-state index contributed by atoms with van der Waals surface area (Å²) in [6.45, 7) is 11.5. The molecule has 1 heterocycles. The molecule has 124 valence electrons. The average molecular weight is 307 g/mol. The number of nitrogens with one attached hydrogen (secondary N) is 1. The van der Waals surface area contributed by atoms with Crippen LogP contribution in [0.4, 0.5) is 0 Å². The van der Waals surface area contributed by atoms with Crippen molar-refractivity contribution < 1.29 is 14.6 Å². The van der Waals surface area contributed by atoms with Crippen LogP contribution < -0.4 is 5.32 Å². The Morgan fingerprint density at radius 2 is 2.18 bits per heavy atom. The van der Waals surface area contributed by atoms with Crippen molar-refractivity contribution in [3.8, 4) is 0 Å². The quantitative estimate of drug-likeness (QED) is 0.586. The summed E-state index contributed by atoms with van der Waals surface area (Å²) in [5, 5.41) is 12.1. The van der Waals surface area contributed by atoms with Crippen LogP contribution in [-0.2, 0) is 9.53 Å². The van der Waals surface area contributed by atoms with Crippen LogP contribution >= 0.6 is 0 Å². The van der Waals surface area contributed by atoms with E-state index in [1.165, 1.54) is 12.2 Å². The van der Waals surface area contributed by atoms with Crippen molar-refractivity contribution in [2.75, 3.05) is 0 Å². The third-order valence-corrected chi connectivity index (χ3v) is 4.06. The molecular weight excluding hydrogens is 278 g/mol. The number of hydrogen-bond acceptors (Lipinski definition) is 3. The Balaban J connectivity index is 2.55. The second-order valence-corrected chi connectivity index (χ2v) is 6.20. The summed E-state index contributed by atoms with van der Waals surface area (Å²) in [5.74, 6) is 0.186. The summed E-state index contributed by atoms with van der Waals surface area (Å²) in [6.07, 6.45) is 8.12. The predicted molar refractivity (Wildman–Crippen MR) is 89.4 cm³/mol. The molecule has 1 rings (SSSR count). The average Bonchev–Trinajstić information content (AvgIpc) is 2.46. The predicted octanol–water partition coefficient (Wildman–Crippen LogP) is 2.74. The number of amides is 1. The monoisotopic (exact) mass is 307 g/mol. The third-order valence-electron chi connectivity index (χ3n) is 4.06. The number of ether oxygens (including phenoxy) is 1. The Morgan fingerprint density at radius 3 is 2.77 bits per heavy atom. The molecule has 1 saturated heterocycles. The van der Waals surface area contributed by atoms with Gasteiger partial charge in [0.25, 0.3) is 0 Å². The van der Waals surface area contributed by atoms with E-state index < -0.39 is 6.10 Å². The van der Waals surface area contributed by atoms with Crippen LogP contribution in [0.1, 0.15) is 40.5 Å². The van der Waals surface area contributed by atoms with Crippen LogP contribution in [0.2, 0.25) is 0 Å². The second-order valence-electron chi connectivity index (χ2n) is 6.20. The summed E-state index contributed by atoms with van der Waals surface area (Å²) in [6, 6.07) is 0.00174. The van der Waals surface area contributed by atoms with Crippen molar-refractivity contribution in [2.24, 2.45) is 5.92 Å². The van der Waals surface area contributed by atoms with Crippen molar-refractivity contribution >= 4 is 5.91 Å². The summed E-state index contributed by atoms with van der Waals surface area (Å²) < 4.78 is 6.07. The van der Waals surface area contributed by atoms with Gasteiger partial charge in [-0.25, -0.2) is 0 Å². The highest BCUT2D eigenvalue weighted by molar-refractivity contribution is 5.87. The zero-order valence-corrected chi connectivity index (χ0v) is 14.1. The first-order valence-electron chi connectivity index (χ1n) is 7.95. The smallest absolute Gasteiger partial charge is 0.244 e. The van der Waals surface area contributed by atoms with Crippen molar-refractivity contribution in [1.82, 2.24) is 5.32 Å². The zero-order valence-electron chi connectivity index (χ0n) is 14.1. The lowest BCUT2D eigenvalue weighted by Crippen LogP contribution is -2.50. The Labute approximate surface area is 133 Å². The fraction of sp³-hybridized carbons (Fsp3) is 0.611. The molecule has 2 N–H and O–H groups in total. The van der Waals surface area contributed by atoms with Crippen LogP contribution in [0.5, 0.6) is 0 Å². The Bertz CT molecular complexity index is 440. The lowest BCUT2D eigenvalue weighted by Gasteiger charge is -2.39. The molecule has 0 radical (unpaired) electrons. The van der Waals surface area contributed by atoms with Gasteiger partial charge in [0.1, 0.15) is 0 Å².